The van der Waals surface area contributed by atoms with E-state index in [1.54, 1.807) is 0 Å². The summed E-state index contributed by atoms with van der Waals surface area (Å²) in [5.41, 5.74) is 0. The molecule has 0 unspecified atom stereocenters. The minimum Gasteiger partial charge on any atom is -0.293 e. The number of hydrogen-bond acceptors (Lipinski definition) is 4. The number of hydrogen-bond donors (Lipinski definition) is 1. The fourth-order valence-electron chi connectivity index (χ4n) is 0.556. The standard InChI is InChI=1S/C5HF6N3OS/c6-4(7,8)1(15)12-3-14-13-2(16-3)5(9,10)11/h(H,12,14,15). The zero-order chi connectivity index (χ0) is 12.6. The largest absolute Gasteiger partial charge is 0.471 e. The quantitative estimate of drug-likeness (QED) is 0.791. The Kier molecular flexibility index (Phi) is 3.08. The fraction of sp³-hybridized carbons (Fsp3) is 0.400. The summed E-state index contributed by atoms with van der Waals surface area (Å²) in [6, 6.07) is 0. The molecule has 0 aliphatic rings. The molecule has 1 N–H and O–H groups in total. The molecule has 0 aliphatic heterocycles. The average Bonchev–Trinajstić information content (AvgIpc) is 2.49. The molecule has 1 rings (SSSR count). The molecule has 4 nitrogen and oxygen atoms in total. The number of nitrogens with zero attached hydrogens (tertiary/aromatic N) is 2. The Labute approximate surface area is 87.3 Å². The number of carbonyl (C=O) groups is 1. The van der Waals surface area contributed by atoms with Crippen LogP contribution in [0.4, 0.5) is 31.5 Å². The van der Waals surface area contributed by atoms with Gasteiger partial charge in [0.2, 0.25) is 10.1 Å². The number of carbonyl (C=O) groups excluding carboxylic acids is 1. The number of amides is 1. The van der Waals surface area contributed by atoms with Crippen molar-refractivity contribution in [3.8, 4) is 0 Å². The maximum Gasteiger partial charge on any atom is 0.471 e. The Morgan fingerprint density at radius 3 is 2.06 bits per heavy atom. The molecule has 1 aromatic rings. The smallest absolute Gasteiger partial charge is 0.293 e. The third-order valence-corrected chi connectivity index (χ3v) is 2.03. The van der Waals surface area contributed by atoms with Crippen LogP contribution in [0.25, 0.3) is 0 Å². The van der Waals surface area contributed by atoms with Gasteiger partial charge in [0.25, 0.3) is 0 Å². The van der Waals surface area contributed by atoms with Gasteiger partial charge >= 0.3 is 18.3 Å². The van der Waals surface area contributed by atoms with Crippen molar-refractivity contribution in [2.24, 2.45) is 0 Å². The van der Waals surface area contributed by atoms with Crippen molar-refractivity contribution < 1.29 is 31.1 Å². The lowest BCUT2D eigenvalue weighted by Gasteiger charge is -2.03. The Morgan fingerprint density at radius 2 is 1.69 bits per heavy atom. The van der Waals surface area contributed by atoms with E-state index in [1.165, 1.54) is 0 Å². The molecule has 0 aromatic carbocycles. The molecule has 0 fully saturated rings. The predicted molar refractivity (Wildman–Crippen MR) is 39.6 cm³/mol. The SMILES string of the molecule is O=C(Nc1nnc(C(F)(F)F)s1)C(F)(F)F. The summed E-state index contributed by atoms with van der Waals surface area (Å²) in [6.45, 7) is 0. The van der Waals surface area contributed by atoms with Crippen molar-refractivity contribution in [1.29, 1.82) is 0 Å². The molecule has 0 atom stereocenters. The highest BCUT2D eigenvalue weighted by atomic mass is 32.1. The van der Waals surface area contributed by atoms with Crippen molar-refractivity contribution >= 4 is 22.4 Å². The van der Waals surface area contributed by atoms with E-state index in [2.05, 4.69) is 10.2 Å². The van der Waals surface area contributed by atoms with Crippen molar-refractivity contribution in [2.45, 2.75) is 12.4 Å². The Bertz CT molecular complexity index is 396. The highest BCUT2D eigenvalue weighted by Crippen LogP contribution is 2.33. The zero-order valence-corrected chi connectivity index (χ0v) is 7.80. The zero-order valence-electron chi connectivity index (χ0n) is 6.98. The minimum absolute atomic E-state index is 0.195. The van der Waals surface area contributed by atoms with Crippen molar-refractivity contribution in [1.82, 2.24) is 10.2 Å². The Balaban J connectivity index is 2.78. The van der Waals surface area contributed by atoms with Crippen LogP contribution in [-0.4, -0.2) is 22.3 Å². The van der Waals surface area contributed by atoms with Gasteiger partial charge < -0.3 is 0 Å². The highest BCUT2D eigenvalue weighted by molar-refractivity contribution is 7.15. The summed E-state index contributed by atoms with van der Waals surface area (Å²) in [5, 5.41) is 4.19. The second kappa shape index (κ2) is 3.88. The monoisotopic (exact) mass is 265 g/mol. The summed E-state index contributed by atoms with van der Waals surface area (Å²) < 4.78 is 70.9. The van der Waals surface area contributed by atoms with Crippen LogP contribution in [0.2, 0.25) is 0 Å². The van der Waals surface area contributed by atoms with Crippen molar-refractivity contribution in [3.05, 3.63) is 5.01 Å². The molecule has 0 aliphatic carbocycles. The summed E-state index contributed by atoms with van der Waals surface area (Å²) in [5.74, 6) is -2.41. The molecular formula is C5HF6N3OS. The van der Waals surface area contributed by atoms with Crippen LogP contribution < -0.4 is 5.32 Å². The molecule has 1 amide bonds. The number of aromatic nitrogens is 2. The molecule has 16 heavy (non-hydrogen) atoms. The molecule has 11 heteroatoms. The predicted octanol–water partition coefficient (Wildman–Crippen LogP) is 2.06. The molecular weight excluding hydrogens is 264 g/mol. The molecule has 90 valence electrons. The van der Waals surface area contributed by atoms with E-state index in [4.69, 9.17) is 0 Å². The number of rotatable bonds is 1. The van der Waals surface area contributed by atoms with E-state index in [9.17, 15) is 31.1 Å². The van der Waals surface area contributed by atoms with E-state index in [0.29, 0.717) is 0 Å². The molecule has 1 heterocycles. The Hall–Kier alpha value is -1.39. The lowest BCUT2D eigenvalue weighted by atomic mass is 10.6. The van der Waals surface area contributed by atoms with Gasteiger partial charge in [-0.3, -0.25) is 10.1 Å². The second-order valence-corrected chi connectivity index (χ2v) is 3.34. The van der Waals surface area contributed by atoms with Gasteiger partial charge in [-0.05, 0) is 0 Å². The van der Waals surface area contributed by atoms with Crippen LogP contribution in [0.1, 0.15) is 5.01 Å². The van der Waals surface area contributed by atoms with Gasteiger partial charge in [-0.15, -0.1) is 10.2 Å². The molecule has 1 aromatic heterocycles. The first-order valence-corrected chi connectivity index (χ1v) is 4.21. The summed E-state index contributed by atoms with van der Waals surface area (Å²) in [4.78, 5) is 10.3. The third kappa shape index (κ3) is 3.05. The van der Waals surface area contributed by atoms with Gasteiger partial charge in [-0.25, -0.2) is 0 Å². The lowest BCUT2D eigenvalue weighted by Crippen LogP contribution is -2.29. The number of nitrogens with one attached hydrogen (secondary N) is 1. The first-order valence-electron chi connectivity index (χ1n) is 3.39. The van der Waals surface area contributed by atoms with Crippen LogP contribution in [0.5, 0.6) is 0 Å². The minimum atomic E-state index is -5.19. The second-order valence-electron chi connectivity index (χ2n) is 2.36. The summed E-state index contributed by atoms with van der Waals surface area (Å²) >= 11 is -0.195. The van der Waals surface area contributed by atoms with Crippen molar-refractivity contribution in [2.75, 3.05) is 5.32 Å². The van der Waals surface area contributed by atoms with Gasteiger partial charge in [-0.2, -0.15) is 26.3 Å². The first-order chi connectivity index (χ1) is 7.10. The van der Waals surface area contributed by atoms with Gasteiger partial charge in [0.05, 0.1) is 0 Å². The van der Waals surface area contributed by atoms with Gasteiger partial charge in [0.15, 0.2) is 0 Å². The van der Waals surface area contributed by atoms with E-state index in [0.717, 1.165) is 5.32 Å². The molecule has 0 radical (unpaired) electrons. The fourth-order valence-corrected chi connectivity index (χ4v) is 1.16. The maximum absolute atomic E-state index is 11.9. The first kappa shape index (κ1) is 12.7. The van der Waals surface area contributed by atoms with E-state index < -0.39 is 28.4 Å². The third-order valence-electron chi connectivity index (χ3n) is 1.15. The van der Waals surface area contributed by atoms with Gasteiger partial charge in [-0.1, -0.05) is 11.3 Å². The summed E-state index contributed by atoms with van der Waals surface area (Å²) in [6.07, 6.45) is -10.00. The van der Waals surface area contributed by atoms with Crippen molar-refractivity contribution in [3.63, 3.8) is 0 Å². The molecule has 0 bridgehead atoms. The Morgan fingerprint density at radius 1 is 1.12 bits per heavy atom. The van der Waals surface area contributed by atoms with E-state index in [1.807, 2.05) is 0 Å². The van der Waals surface area contributed by atoms with Crippen LogP contribution in [0.3, 0.4) is 0 Å². The van der Waals surface area contributed by atoms with E-state index in [-0.39, 0.29) is 11.3 Å². The molecule has 0 spiro atoms. The molecule has 0 saturated carbocycles. The summed E-state index contributed by atoms with van der Waals surface area (Å²) in [7, 11) is 0. The van der Waals surface area contributed by atoms with Crippen LogP contribution in [0, 0.1) is 0 Å². The topological polar surface area (TPSA) is 54.9 Å². The van der Waals surface area contributed by atoms with Crippen LogP contribution in [-0.2, 0) is 11.0 Å². The maximum atomic E-state index is 11.9. The average molecular weight is 265 g/mol. The van der Waals surface area contributed by atoms with E-state index >= 15 is 0 Å². The normalized spacial score (nSPS) is 12.6. The van der Waals surface area contributed by atoms with Crippen LogP contribution in [0.15, 0.2) is 0 Å². The van der Waals surface area contributed by atoms with Crippen LogP contribution >= 0.6 is 11.3 Å². The van der Waals surface area contributed by atoms with Gasteiger partial charge in [0.1, 0.15) is 0 Å². The lowest BCUT2D eigenvalue weighted by molar-refractivity contribution is -0.167. The highest BCUT2D eigenvalue weighted by Gasteiger charge is 2.40. The number of halogens is 6. The van der Waals surface area contributed by atoms with Gasteiger partial charge in [0, 0.05) is 0 Å². The molecule has 0 saturated heterocycles. The number of alkyl halides is 6. The number of anilines is 1.